The number of hydrazine groups is 1. The number of nitrogens with one attached hydrogen (secondary N) is 2. The molecule has 0 radical (unpaired) electrons. The van der Waals surface area contributed by atoms with E-state index in [4.69, 9.17) is 0 Å². The maximum absolute atomic E-state index is 13.4. The standard InChI is InChI=1S/C16H14F4N2O3S/c1-2-26(24,25)14-7-6-12(17)9-13(14)21-22-15(23)10-4-3-5-11(8-10)16(18,19)20/h3-9,21H,2H2,1H3,(H,22,23). The number of benzene rings is 2. The lowest BCUT2D eigenvalue weighted by molar-refractivity contribution is -0.137. The fraction of sp³-hybridized carbons (Fsp3) is 0.188. The molecule has 0 bridgehead atoms. The molecule has 0 aliphatic heterocycles. The molecule has 5 nitrogen and oxygen atoms in total. The van der Waals surface area contributed by atoms with Crippen molar-refractivity contribution in [2.24, 2.45) is 0 Å². The van der Waals surface area contributed by atoms with Crippen molar-refractivity contribution in [1.29, 1.82) is 0 Å². The molecule has 0 aliphatic rings. The van der Waals surface area contributed by atoms with Gasteiger partial charge in [-0.05, 0) is 30.3 Å². The number of sulfone groups is 1. The topological polar surface area (TPSA) is 75.3 Å². The van der Waals surface area contributed by atoms with Crippen molar-refractivity contribution in [1.82, 2.24) is 5.43 Å². The van der Waals surface area contributed by atoms with Crippen LogP contribution in [0.1, 0.15) is 22.8 Å². The van der Waals surface area contributed by atoms with Gasteiger partial charge in [-0.25, -0.2) is 12.8 Å². The summed E-state index contributed by atoms with van der Waals surface area (Å²) in [5.41, 5.74) is 2.78. The number of halogens is 4. The average Bonchev–Trinajstić information content (AvgIpc) is 2.59. The molecule has 10 heteroatoms. The summed E-state index contributed by atoms with van der Waals surface area (Å²) in [7, 11) is -3.71. The Morgan fingerprint density at radius 1 is 1.12 bits per heavy atom. The normalized spacial score (nSPS) is 11.9. The van der Waals surface area contributed by atoms with Gasteiger partial charge in [0.2, 0.25) is 0 Å². The maximum atomic E-state index is 13.4. The summed E-state index contributed by atoms with van der Waals surface area (Å²) in [6.07, 6.45) is -4.62. The second-order valence-electron chi connectivity index (χ2n) is 5.20. The Morgan fingerprint density at radius 3 is 2.42 bits per heavy atom. The van der Waals surface area contributed by atoms with E-state index < -0.39 is 33.3 Å². The Hall–Kier alpha value is -2.62. The summed E-state index contributed by atoms with van der Waals surface area (Å²) in [6, 6.07) is 6.51. The summed E-state index contributed by atoms with van der Waals surface area (Å²) >= 11 is 0. The van der Waals surface area contributed by atoms with Crippen LogP contribution in [-0.4, -0.2) is 20.1 Å². The predicted octanol–water partition coefficient (Wildman–Crippen LogP) is 3.40. The van der Waals surface area contributed by atoms with Crippen LogP contribution in [0.15, 0.2) is 47.4 Å². The molecule has 0 unspecified atom stereocenters. The molecule has 0 atom stereocenters. The van der Waals surface area contributed by atoms with Crippen molar-refractivity contribution in [2.75, 3.05) is 11.2 Å². The first-order valence-electron chi connectivity index (χ1n) is 7.30. The van der Waals surface area contributed by atoms with E-state index in [0.29, 0.717) is 6.07 Å². The van der Waals surface area contributed by atoms with E-state index in [0.717, 1.165) is 36.4 Å². The zero-order chi connectivity index (χ0) is 19.5. The third-order valence-corrected chi connectivity index (χ3v) is 5.21. The lowest BCUT2D eigenvalue weighted by Crippen LogP contribution is -2.30. The molecule has 0 saturated heterocycles. The molecule has 140 valence electrons. The number of hydrogen-bond donors (Lipinski definition) is 2. The summed E-state index contributed by atoms with van der Waals surface area (Å²) in [6.45, 7) is 1.39. The second kappa shape index (κ2) is 7.32. The Kier molecular flexibility index (Phi) is 5.55. The van der Waals surface area contributed by atoms with E-state index in [1.165, 1.54) is 6.92 Å². The Morgan fingerprint density at radius 2 is 1.81 bits per heavy atom. The summed E-state index contributed by atoms with van der Waals surface area (Å²) in [5.74, 6) is -1.95. The zero-order valence-corrected chi connectivity index (χ0v) is 14.2. The van der Waals surface area contributed by atoms with Crippen LogP contribution in [-0.2, 0) is 16.0 Å². The highest BCUT2D eigenvalue weighted by molar-refractivity contribution is 7.91. The van der Waals surface area contributed by atoms with Crippen LogP contribution >= 0.6 is 0 Å². The highest BCUT2D eigenvalue weighted by atomic mass is 32.2. The number of rotatable bonds is 5. The molecule has 1 amide bonds. The number of carbonyl (C=O) groups is 1. The molecular weight excluding hydrogens is 376 g/mol. The first-order chi connectivity index (χ1) is 12.0. The second-order valence-corrected chi connectivity index (χ2v) is 7.45. The minimum atomic E-state index is -4.62. The van der Waals surface area contributed by atoms with Crippen LogP contribution in [0.4, 0.5) is 23.2 Å². The number of amides is 1. The number of carbonyl (C=O) groups excluding carboxylic acids is 1. The molecule has 0 aliphatic carbocycles. The van der Waals surface area contributed by atoms with E-state index >= 15 is 0 Å². The first-order valence-corrected chi connectivity index (χ1v) is 8.95. The van der Waals surface area contributed by atoms with Crippen molar-refractivity contribution < 1.29 is 30.8 Å². The summed E-state index contributed by atoms with van der Waals surface area (Å²) in [5, 5.41) is 0. The van der Waals surface area contributed by atoms with Crippen LogP contribution < -0.4 is 10.9 Å². The lowest BCUT2D eigenvalue weighted by Gasteiger charge is -2.14. The third kappa shape index (κ3) is 4.51. The van der Waals surface area contributed by atoms with Crippen molar-refractivity contribution in [3.05, 3.63) is 59.4 Å². The van der Waals surface area contributed by atoms with Crippen LogP contribution in [0, 0.1) is 5.82 Å². The predicted molar refractivity (Wildman–Crippen MR) is 86.7 cm³/mol. The lowest BCUT2D eigenvalue weighted by atomic mass is 10.1. The molecule has 26 heavy (non-hydrogen) atoms. The van der Waals surface area contributed by atoms with Gasteiger partial charge < -0.3 is 0 Å². The van der Waals surface area contributed by atoms with E-state index in [9.17, 15) is 30.8 Å². The Labute approximate surface area is 146 Å². The van der Waals surface area contributed by atoms with Crippen molar-refractivity contribution in [3.63, 3.8) is 0 Å². The molecule has 0 saturated carbocycles. The smallest absolute Gasteiger partial charge is 0.297 e. The highest BCUT2D eigenvalue weighted by Gasteiger charge is 2.31. The number of anilines is 1. The summed E-state index contributed by atoms with van der Waals surface area (Å²) in [4.78, 5) is 11.8. The molecule has 2 N–H and O–H groups in total. The van der Waals surface area contributed by atoms with Crippen molar-refractivity contribution >= 4 is 21.4 Å². The van der Waals surface area contributed by atoms with Gasteiger partial charge in [-0.3, -0.25) is 15.6 Å². The minimum absolute atomic E-state index is 0.229. The summed E-state index contributed by atoms with van der Waals surface area (Å²) < 4.78 is 75.5. The molecule has 0 aromatic heterocycles. The van der Waals surface area contributed by atoms with Gasteiger partial charge in [0.25, 0.3) is 5.91 Å². The van der Waals surface area contributed by atoms with Crippen molar-refractivity contribution in [2.45, 2.75) is 18.0 Å². The maximum Gasteiger partial charge on any atom is 0.416 e. The van der Waals surface area contributed by atoms with E-state index in [2.05, 4.69) is 10.9 Å². The molecule has 2 rings (SSSR count). The van der Waals surface area contributed by atoms with Gasteiger partial charge >= 0.3 is 6.18 Å². The monoisotopic (exact) mass is 390 g/mol. The van der Waals surface area contributed by atoms with Gasteiger partial charge in [-0.2, -0.15) is 13.2 Å². The van der Waals surface area contributed by atoms with Gasteiger partial charge in [-0.1, -0.05) is 13.0 Å². The first kappa shape index (κ1) is 19.7. The number of hydrogen-bond acceptors (Lipinski definition) is 4. The van der Waals surface area contributed by atoms with Crippen molar-refractivity contribution in [3.8, 4) is 0 Å². The zero-order valence-electron chi connectivity index (χ0n) is 13.4. The van der Waals surface area contributed by atoms with Gasteiger partial charge in [0.15, 0.2) is 9.84 Å². The fourth-order valence-corrected chi connectivity index (χ4v) is 3.09. The largest absolute Gasteiger partial charge is 0.416 e. The molecule has 2 aromatic carbocycles. The van der Waals surface area contributed by atoms with Gasteiger partial charge in [-0.15, -0.1) is 0 Å². The van der Waals surface area contributed by atoms with Gasteiger partial charge in [0.05, 0.1) is 21.9 Å². The van der Waals surface area contributed by atoms with Gasteiger partial charge in [0, 0.05) is 11.6 Å². The Balaban J connectivity index is 2.24. The molecule has 2 aromatic rings. The molecule has 0 fully saturated rings. The van der Waals surface area contributed by atoms with E-state index in [1.54, 1.807) is 0 Å². The van der Waals surface area contributed by atoms with Gasteiger partial charge in [0.1, 0.15) is 5.82 Å². The minimum Gasteiger partial charge on any atom is -0.297 e. The van der Waals surface area contributed by atoms with Crippen LogP contribution in [0.2, 0.25) is 0 Å². The Bertz CT molecular complexity index is 927. The molecule has 0 spiro atoms. The average molecular weight is 390 g/mol. The SMILES string of the molecule is CCS(=O)(=O)c1ccc(F)cc1NNC(=O)c1cccc(C(F)(F)F)c1. The van der Waals surface area contributed by atoms with Crippen LogP contribution in [0.3, 0.4) is 0 Å². The highest BCUT2D eigenvalue weighted by Crippen LogP contribution is 2.29. The number of alkyl halides is 3. The fourth-order valence-electron chi connectivity index (χ4n) is 2.06. The molecular formula is C16H14F4N2O3S. The molecule has 0 heterocycles. The van der Waals surface area contributed by atoms with Crippen LogP contribution in [0.5, 0.6) is 0 Å². The van der Waals surface area contributed by atoms with Crippen LogP contribution in [0.25, 0.3) is 0 Å². The third-order valence-electron chi connectivity index (χ3n) is 3.42. The van der Waals surface area contributed by atoms with E-state index in [1.807, 2.05) is 0 Å². The van der Waals surface area contributed by atoms with E-state index in [-0.39, 0.29) is 21.9 Å². The quantitative estimate of drug-likeness (QED) is 0.466.